The fourth-order valence-electron chi connectivity index (χ4n) is 3.11. The Morgan fingerprint density at radius 3 is 3.14 bits per heavy atom. The third kappa shape index (κ3) is 3.67. The summed E-state index contributed by atoms with van der Waals surface area (Å²) in [4.78, 5) is 17.2. The Labute approximate surface area is 130 Å². The number of carbonyl (C=O) groups is 1. The Kier molecular flexibility index (Phi) is 4.75. The molecular weight excluding hydrogens is 278 g/mol. The van der Waals surface area contributed by atoms with E-state index in [1.54, 1.807) is 0 Å². The molecule has 1 aromatic carbocycles. The minimum Gasteiger partial charge on any atom is -0.392 e. The van der Waals surface area contributed by atoms with E-state index < -0.39 is 0 Å². The van der Waals surface area contributed by atoms with Gasteiger partial charge < -0.3 is 15.4 Å². The Morgan fingerprint density at radius 1 is 1.41 bits per heavy atom. The minimum atomic E-state index is -0.284. The van der Waals surface area contributed by atoms with E-state index in [9.17, 15) is 9.90 Å². The molecule has 1 atom stereocenters. The molecular formula is C17H23N3O2. The number of β-amino-alcohol motifs (C(OH)–C–C–N with tert-alkyl or cyclic N) is 1. The second-order valence-corrected chi connectivity index (χ2v) is 5.99. The van der Waals surface area contributed by atoms with Crippen molar-refractivity contribution in [2.24, 2.45) is 0 Å². The molecule has 0 unspecified atom stereocenters. The molecule has 5 heteroatoms. The number of aliphatic hydroxyl groups excluding tert-OH is 1. The zero-order valence-electron chi connectivity index (χ0n) is 12.7. The molecule has 3 N–H and O–H groups in total. The number of para-hydroxylation sites is 1. The maximum absolute atomic E-state index is 12.0. The molecule has 1 amide bonds. The number of likely N-dealkylation sites (tertiary alicyclic amines) is 1. The fourth-order valence-corrected chi connectivity index (χ4v) is 3.11. The monoisotopic (exact) mass is 301 g/mol. The third-order valence-electron chi connectivity index (χ3n) is 4.24. The second kappa shape index (κ2) is 6.94. The van der Waals surface area contributed by atoms with Crippen molar-refractivity contribution < 1.29 is 9.90 Å². The summed E-state index contributed by atoms with van der Waals surface area (Å²) in [5.74, 6) is 0.0361. The minimum absolute atomic E-state index is 0.0361. The highest BCUT2D eigenvalue weighted by Crippen LogP contribution is 2.17. The molecule has 0 saturated carbocycles. The van der Waals surface area contributed by atoms with Crippen LogP contribution in [0.3, 0.4) is 0 Å². The molecule has 5 nitrogen and oxygen atoms in total. The SMILES string of the molecule is O=C(CN1CCC[C@H](O)C1)NCCc1c[nH]c2ccccc12. The van der Waals surface area contributed by atoms with Gasteiger partial charge in [0.05, 0.1) is 12.6 Å². The number of aromatic amines is 1. The predicted molar refractivity (Wildman–Crippen MR) is 86.7 cm³/mol. The normalized spacial score (nSPS) is 19.4. The van der Waals surface area contributed by atoms with Crippen LogP contribution in [0.25, 0.3) is 10.9 Å². The highest BCUT2D eigenvalue weighted by atomic mass is 16.3. The van der Waals surface area contributed by atoms with Crippen LogP contribution < -0.4 is 5.32 Å². The molecule has 1 saturated heterocycles. The van der Waals surface area contributed by atoms with Crippen molar-refractivity contribution in [1.29, 1.82) is 0 Å². The van der Waals surface area contributed by atoms with E-state index in [-0.39, 0.29) is 12.0 Å². The molecule has 0 radical (unpaired) electrons. The molecule has 118 valence electrons. The van der Waals surface area contributed by atoms with E-state index in [1.807, 2.05) is 23.2 Å². The summed E-state index contributed by atoms with van der Waals surface area (Å²) < 4.78 is 0. The van der Waals surface area contributed by atoms with Crippen molar-refractivity contribution in [2.75, 3.05) is 26.2 Å². The first-order valence-corrected chi connectivity index (χ1v) is 7.94. The number of amides is 1. The Morgan fingerprint density at radius 2 is 2.27 bits per heavy atom. The lowest BCUT2D eigenvalue weighted by molar-refractivity contribution is -0.122. The second-order valence-electron chi connectivity index (χ2n) is 5.99. The van der Waals surface area contributed by atoms with Crippen molar-refractivity contribution in [3.05, 3.63) is 36.0 Å². The quantitative estimate of drug-likeness (QED) is 0.779. The molecule has 3 rings (SSSR count). The highest BCUT2D eigenvalue weighted by molar-refractivity contribution is 5.83. The molecule has 2 aromatic rings. The number of rotatable bonds is 5. The van der Waals surface area contributed by atoms with Crippen molar-refractivity contribution >= 4 is 16.8 Å². The number of hydrogen-bond donors (Lipinski definition) is 3. The zero-order chi connectivity index (χ0) is 15.4. The number of H-pyrrole nitrogens is 1. The van der Waals surface area contributed by atoms with Crippen LogP contribution >= 0.6 is 0 Å². The van der Waals surface area contributed by atoms with Gasteiger partial charge >= 0.3 is 0 Å². The Hall–Kier alpha value is -1.85. The van der Waals surface area contributed by atoms with Gasteiger partial charge in [-0.1, -0.05) is 18.2 Å². The number of benzene rings is 1. The van der Waals surface area contributed by atoms with Crippen molar-refractivity contribution in [3.63, 3.8) is 0 Å². The van der Waals surface area contributed by atoms with E-state index in [0.717, 1.165) is 31.3 Å². The molecule has 1 fully saturated rings. The molecule has 0 spiro atoms. The first-order valence-electron chi connectivity index (χ1n) is 7.94. The predicted octanol–water partition coefficient (Wildman–Crippen LogP) is 1.28. The number of hydrogen-bond acceptors (Lipinski definition) is 3. The van der Waals surface area contributed by atoms with Gasteiger partial charge in [0.1, 0.15) is 0 Å². The number of carbonyl (C=O) groups excluding carboxylic acids is 1. The van der Waals surface area contributed by atoms with E-state index in [4.69, 9.17) is 0 Å². The van der Waals surface area contributed by atoms with Crippen LogP contribution in [0.4, 0.5) is 0 Å². The zero-order valence-corrected chi connectivity index (χ0v) is 12.7. The first-order chi connectivity index (χ1) is 10.7. The summed E-state index contributed by atoms with van der Waals surface area (Å²) in [6.45, 7) is 2.52. The summed E-state index contributed by atoms with van der Waals surface area (Å²) in [6, 6.07) is 8.19. The molecule has 1 aliphatic heterocycles. The summed E-state index contributed by atoms with van der Waals surface area (Å²) in [5.41, 5.74) is 2.36. The van der Waals surface area contributed by atoms with Crippen molar-refractivity contribution in [1.82, 2.24) is 15.2 Å². The number of aromatic nitrogens is 1. The van der Waals surface area contributed by atoms with Crippen LogP contribution in [-0.4, -0.2) is 53.2 Å². The lowest BCUT2D eigenvalue weighted by Gasteiger charge is -2.29. The van der Waals surface area contributed by atoms with Gasteiger partial charge in [-0.25, -0.2) is 0 Å². The maximum atomic E-state index is 12.0. The summed E-state index contributed by atoms with van der Waals surface area (Å²) in [7, 11) is 0. The van der Waals surface area contributed by atoms with Crippen LogP contribution in [0.15, 0.2) is 30.5 Å². The molecule has 1 aliphatic rings. The Balaban J connectivity index is 1.45. The van der Waals surface area contributed by atoms with Gasteiger partial charge in [0, 0.05) is 30.2 Å². The number of fused-ring (bicyclic) bond motifs is 1. The molecule has 22 heavy (non-hydrogen) atoms. The Bertz CT molecular complexity index is 638. The fraction of sp³-hybridized carbons (Fsp3) is 0.471. The smallest absolute Gasteiger partial charge is 0.234 e. The summed E-state index contributed by atoms with van der Waals surface area (Å²) in [5, 5.41) is 13.8. The van der Waals surface area contributed by atoms with E-state index in [0.29, 0.717) is 19.6 Å². The van der Waals surface area contributed by atoms with Crippen LogP contribution in [-0.2, 0) is 11.2 Å². The number of aliphatic hydroxyl groups is 1. The topological polar surface area (TPSA) is 68.4 Å². The van der Waals surface area contributed by atoms with E-state index in [1.165, 1.54) is 10.9 Å². The van der Waals surface area contributed by atoms with Crippen LogP contribution in [0, 0.1) is 0 Å². The third-order valence-corrected chi connectivity index (χ3v) is 4.24. The lowest BCUT2D eigenvalue weighted by Crippen LogP contribution is -2.44. The number of nitrogens with one attached hydrogen (secondary N) is 2. The average Bonchev–Trinajstić information content (AvgIpc) is 2.91. The van der Waals surface area contributed by atoms with Crippen molar-refractivity contribution in [3.8, 4) is 0 Å². The molecule has 2 heterocycles. The molecule has 0 bridgehead atoms. The van der Waals surface area contributed by atoms with Crippen LogP contribution in [0.2, 0.25) is 0 Å². The lowest BCUT2D eigenvalue weighted by atomic mass is 10.1. The van der Waals surface area contributed by atoms with E-state index >= 15 is 0 Å². The van der Waals surface area contributed by atoms with Gasteiger partial charge in [-0.05, 0) is 37.4 Å². The standard InChI is InChI=1S/C17H23N3O2/c21-14-4-3-9-20(11-14)12-17(22)18-8-7-13-10-19-16-6-2-1-5-15(13)16/h1-2,5-6,10,14,19,21H,3-4,7-9,11-12H2,(H,18,22)/t14-/m0/s1. The summed E-state index contributed by atoms with van der Waals surface area (Å²) >= 11 is 0. The van der Waals surface area contributed by atoms with E-state index in [2.05, 4.69) is 22.4 Å². The maximum Gasteiger partial charge on any atom is 0.234 e. The van der Waals surface area contributed by atoms with Crippen LogP contribution in [0.5, 0.6) is 0 Å². The van der Waals surface area contributed by atoms with Gasteiger partial charge in [0.25, 0.3) is 0 Å². The molecule has 1 aromatic heterocycles. The van der Waals surface area contributed by atoms with Gasteiger partial charge in [0.2, 0.25) is 5.91 Å². The van der Waals surface area contributed by atoms with Crippen LogP contribution in [0.1, 0.15) is 18.4 Å². The summed E-state index contributed by atoms with van der Waals surface area (Å²) in [6.07, 6.45) is 4.35. The molecule has 0 aliphatic carbocycles. The van der Waals surface area contributed by atoms with Gasteiger partial charge in [-0.15, -0.1) is 0 Å². The average molecular weight is 301 g/mol. The van der Waals surface area contributed by atoms with Crippen molar-refractivity contribution in [2.45, 2.75) is 25.4 Å². The number of piperidine rings is 1. The van der Waals surface area contributed by atoms with Gasteiger partial charge in [-0.2, -0.15) is 0 Å². The van der Waals surface area contributed by atoms with Gasteiger partial charge in [0.15, 0.2) is 0 Å². The first kappa shape index (κ1) is 15.1. The highest BCUT2D eigenvalue weighted by Gasteiger charge is 2.19. The number of nitrogens with zero attached hydrogens (tertiary/aromatic N) is 1. The largest absolute Gasteiger partial charge is 0.392 e. The van der Waals surface area contributed by atoms with Gasteiger partial charge in [-0.3, -0.25) is 9.69 Å².